The Kier molecular flexibility index (Phi) is 4.87. The molecule has 36 heavy (non-hydrogen) atoms. The molecular weight excluding hydrogens is 468 g/mol. The largest absolute Gasteiger partial charge is 0.378 e. The van der Waals surface area contributed by atoms with Crippen molar-refractivity contribution in [3.63, 3.8) is 0 Å². The number of fused-ring (bicyclic) bond motifs is 2. The Labute approximate surface area is 203 Å². The second-order valence-electron chi connectivity index (χ2n) is 9.13. The van der Waals surface area contributed by atoms with Gasteiger partial charge in [0, 0.05) is 30.9 Å². The van der Waals surface area contributed by atoms with Gasteiger partial charge in [-0.2, -0.15) is 5.10 Å². The highest BCUT2D eigenvalue weighted by Gasteiger charge is 2.25. The van der Waals surface area contributed by atoms with Gasteiger partial charge < -0.3 is 19.9 Å². The summed E-state index contributed by atoms with van der Waals surface area (Å²) in [5.74, 6) is -0.607. The van der Waals surface area contributed by atoms with Crippen molar-refractivity contribution in [3.05, 3.63) is 54.2 Å². The van der Waals surface area contributed by atoms with Gasteiger partial charge in [-0.3, -0.25) is 4.68 Å². The fourth-order valence-electron chi connectivity index (χ4n) is 4.57. The van der Waals surface area contributed by atoms with Crippen molar-refractivity contribution < 1.29 is 13.5 Å². The average molecular weight is 492 g/mol. The molecule has 0 radical (unpaired) electrons. The Hall–Kier alpha value is -4.06. The maximum atomic E-state index is 14.1. The van der Waals surface area contributed by atoms with E-state index in [9.17, 15) is 8.78 Å². The number of anilines is 2. The van der Waals surface area contributed by atoms with E-state index in [2.05, 4.69) is 30.3 Å². The molecular formula is C24H23F2N9O. The van der Waals surface area contributed by atoms with Crippen LogP contribution in [0.3, 0.4) is 0 Å². The molecule has 5 heterocycles. The number of ether oxygens (including phenoxy) is 1. The molecule has 5 aromatic rings. The zero-order chi connectivity index (χ0) is 24.2. The number of hydrogen-bond donors (Lipinski definition) is 2. The van der Waals surface area contributed by atoms with Crippen LogP contribution >= 0.6 is 0 Å². The Bertz CT molecular complexity index is 1580. The van der Waals surface area contributed by atoms with Crippen LogP contribution < -0.4 is 10.2 Å². The highest BCUT2D eigenvalue weighted by atomic mass is 19.2. The molecule has 1 saturated heterocycles. The smallest absolute Gasteiger partial charge is 0.186 e. The predicted molar refractivity (Wildman–Crippen MR) is 129 cm³/mol. The summed E-state index contributed by atoms with van der Waals surface area (Å²) in [4.78, 5) is 14.1. The molecule has 0 bridgehead atoms. The van der Waals surface area contributed by atoms with Gasteiger partial charge in [-0.05, 0) is 25.0 Å². The number of hydrogen-bond acceptors (Lipinski definition) is 7. The van der Waals surface area contributed by atoms with Crippen LogP contribution in [0.5, 0.6) is 0 Å². The first-order valence-electron chi connectivity index (χ1n) is 12.0. The summed E-state index contributed by atoms with van der Waals surface area (Å²) in [5.41, 5.74) is 3.61. The number of nitrogens with zero attached hydrogens (tertiary/aromatic N) is 7. The van der Waals surface area contributed by atoms with E-state index in [-0.39, 0.29) is 12.1 Å². The van der Waals surface area contributed by atoms with Gasteiger partial charge in [0.15, 0.2) is 23.1 Å². The van der Waals surface area contributed by atoms with E-state index >= 15 is 0 Å². The van der Waals surface area contributed by atoms with Gasteiger partial charge in [0.25, 0.3) is 0 Å². The summed E-state index contributed by atoms with van der Waals surface area (Å²) in [6, 6.07) is 5.00. The van der Waals surface area contributed by atoms with Crippen LogP contribution in [0.2, 0.25) is 0 Å². The molecule has 2 aliphatic rings. The molecule has 7 rings (SSSR count). The third-order valence-electron chi connectivity index (χ3n) is 6.65. The molecule has 0 atom stereocenters. The molecule has 184 valence electrons. The summed E-state index contributed by atoms with van der Waals surface area (Å²) in [6.07, 6.45) is 7.99. The van der Waals surface area contributed by atoms with Crippen LogP contribution in [0.25, 0.3) is 27.9 Å². The lowest BCUT2D eigenvalue weighted by atomic mass is 10.3. The number of aromatic amines is 1. The maximum absolute atomic E-state index is 14.1. The molecule has 0 spiro atoms. The van der Waals surface area contributed by atoms with Gasteiger partial charge in [-0.25, -0.2) is 23.3 Å². The minimum Gasteiger partial charge on any atom is -0.378 e. The number of nitrogens with one attached hydrogen (secondary N) is 2. The Morgan fingerprint density at radius 1 is 1.14 bits per heavy atom. The number of imidazole rings is 2. The number of H-pyrrole nitrogens is 1. The molecule has 0 unspecified atom stereocenters. The third-order valence-corrected chi connectivity index (χ3v) is 6.65. The minimum absolute atomic E-state index is 0.0172. The number of rotatable bonds is 6. The first-order chi connectivity index (χ1) is 17.6. The first kappa shape index (κ1) is 21.2. The van der Waals surface area contributed by atoms with E-state index in [1.54, 1.807) is 6.20 Å². The van der Waals surface area contributed by atoms with E-state index in [1.807, 2.05) is 27.7 Å². The normalized spacial score (nSPS) is 16.3. The van der Waals surface area contributed by atoms with E-state index in [4.69, 9.17) is 9.84 Å². The summed E-state index contributed by atoms with van der Waals surface area (Å²) in [7, 11) is 0. The van der Waals surface area contributed by atoms with Crippen LogP contribution in [0.15, 0.2) is 36.8 Å². The van der Waals surface area contributed by atoms with Gasteiger partial charge in [0.2, 0.25) is 0 Å². The van der Waals surface area contributed by atoms with Gasteiger partial charge in [0.05, 0.1) is 55.1 Å². The van der Waals surface area contributed by atoms with Gasteiger partial charge in [-0.15, -0.1) is 5.10 Å². The van der Waals surface area contributed by atoms with Gasteiger partial charge >= 0.3 is 0 Å². The maximum Gasteiger partial charge on any atom is 0.186 e. The average Bonchev–Trinajstić information content (AvgIpc) is 3.29. The highest BCUT2D eigenvalue weighted by molar-refractivity contribution is 5.77. The molecule has 1 saturated carbocycles. The number of morpholine rings is 1. The van der Waals surface area contributed by atoms with Crippen LogP contribution in [0.1, 0.15) is 24.7 Å². The number of aromatic nitrogens is 7. The molecule has 12 heteroatoms. The van der Waals surface area contributed by atoms with E-state index in [0.717, 1.165) is 54.8 Å². The van der Waals surface area contributed by atoms with E-state index < -0.39 is 11.6 Å². The number of halogens is 2. The highest BCUT2D eigenvalue weighted by Crippen LogP contribution is 2.35. The Morgan fingerprint density at radius 3 is 2.83 bits per heavy atom. The number of benzene rings is 1. The SMILES string of the molecule is Fc1ccc2[nH]c(CNc3cc(N4CCOCC4)nn4c(-c5cnn(C6CC6)c5)cnc34)nc2c1F. The van der Waals surface area contributed by atoms with E-state index in [1.165, 1.54) is 6.07 Å². The fourth-order valence-corrected chi connectivity index (χ4v) is 4.57. The minimum atomic E-state index is -0.958. The zero-order valence-corrected chi connectivity index (χ0v) is 19.3. The van der Waals surface area contributed by atoms with Crippen LogP contribution in [0, 0.1) is 11.6 Å². The van der Waals surface area contributed by atoms with Crippen molar-refractivity contribution in [1.29, 1.82) is 0 Å². The summed E-state index contributed by atoms with van der Waals surface area (Å²) in [5, 5.41) is 12.8. The molecule has 10 nitrogen and oxygen atoms in total. The van der Waals surface area contributed by atoms with Crippen molar-refractivity contribution >= 4 is 28.2 Å². The first-order valence-corrected chi connectivity index (χ1v) is 12.0. The lowest BCUT2D eigenvalue weighted by molar-refractivity contribution is 0.122. The molecule has 0 amide bonds. The standard InChI is InChI=1S/C24H23F2N9O/c25-16-3-4-17-23(22(16)26)31-20(30-17)12-27-18-9-21(33-5-7-36-8-6-33)32-35-19(11-28-24(18)35)14-10-29-34(13-14)15-1-2-15/h3-4,9-11,13,15,27H,1-2,5-8,12H2,(H,30,31). The Balaban J connectivity index is 1.26. The molecule has 1 aliphatic carbocycles. The lowest BCUT2D eigenvalue weighted by Crippen LogP contribution is -2.37. The Morgan fingerprint density at radius 2 is 2.00 bits per heavy atom. The molecule has 1 aliphatic heterocycles. The molecule has 4 aromatic heterocycles. The molecule has 2 fully saturated rings. The quantitative estimate of drug-likeness (QED) is 0.375. The van der Waals surface area contributed by atoms with Gasteiger partial charge in [-0.1, -0.05) is 0 Å². The summed E-state index contributed by atoms with van der Waals surface area (Å²) < 4.78 is 37.1. The molecule has 2 N–H and O–H groups in total. The van der Waals surface area contributed by atoms with Crippen LogP contribution in [-0.4, -0.2) is 60.6 Å². The lowest BCUT2D eigenvalue weighted by Gasteiger charge is -2.28. The van der Waals surface area contributed by atoms with Crippen molar-refractivity contribution in [1.82, 2.24) is 34.3 Å². The van der Waals surface area contributed by atoms with Crippen LogP contribution in [0.4, 0.5) is 20.3 Å². The third kappa shape index (κ3) is 3.65. The van der Waals surface area contributed by atoms with Crippen LogP contribution in [-0.2, 0) is 11.3 Å². The summed E-state index contributed by atoms with van der Waals surface area (Å²) >= 11 is 0. The van der Waals surface area contributed by atoms with Crippen molar-refractivity contribution in [2.45, 2.75) is 25.4 Å². The monoisotopic (exact) mass is 491 g/mol. The topological polar surface area (TPSA) is 101 Å². The van der Waals surface area contributed by atoms with Crippen molar-refractivity contribution in [3.8, 4) is 11.3 Å². The zero-order valence-electron chi connectivity index (χ0n) is 19.3. The second-order valence-corrected chi connectivity index (χ2v) is 9.13. The second kappa shape index (κ2) is 8.26. The van der Waals surface area contributed by atoms with Gasteiger partial charge in [0.1, 0.15) is 11.3 Å². The molecule has 1 aromatic carbocycles. The fraction of sp³-hybridized carbons (Fsp3) is 0.333. The van der Waals surface area contributed by atoms with E-state index in [0.29, 0.717) is 36.2 Å². The van der Waals surface area contributed by atoms with Crippen molar-refractivity contribution in [2.24, 2.45) is 0 Å². The predicted octanol–water partition coefficient (Wildman–Crippen LogP) is 3.53. The van der Waals surface area contributed by atoms with Crippen molar-refractivity contribution in [2.75, 3.05) is 36.5 Å². The summed E-state index contributed by atoms with van der Waals surface area (Å²) in [6.45, 7) is 2.99.